The van der Waals surface area contributed by atoms with Crippen molar-refractivity contribution in [3.8, 4) is 0 Å². The molecule has 2 N–H and O–H groups in total. The number of aromatic nitrogens is 4. The van der Waals surface area contributed by atoms with Crippen LogP contribution in [-0.2, 0) is 7.05 Å². The molecule has 0 unspecified atom stereocenters. The predicted octanol–water partition coefficient (Wildman–Crippen LogP) is 0.0233. The van der Waals surface area contributed by atoms with E-state index in [9.17, 15) is 4.79 Å². The largest absolute Gasteiger partial charge is 0.383 e. The molecule has 0 bridgehead atoms. The maximum Gasteiger partial charge on any atom is 0.201 e. The first-order valence-electron chi connectivity index (χ1n) is 4.27. The topological polar surface area (TPSA) is 86.7 Å². The molecular weight excluding hydrogens is 194 g/mol. The van der Waals surface area contributed by atoms with Gasteiger partial charge in [-0.2, -0.15) is 5.10 Å². The molecule has 2 heterocycles. The van der Waals surface area contributed by atoms with E-state index in [-0.39, 0.29) is 5.78 Å². The molecule has 0 radical (unpaired) electrons. The number of hydrogen-bond acceptors (Lipinski definition) is 5. The Balaban J connectivity index is 2.42. The second kappa shape index (κ2) is 3.49. The minimum Gasteiger partial charge on any atom is -0.383 e. The maximum atomic E-state index is 11.9. The van der Waals surface area contributed by atoms with Crippen LogP contribution in [-0.4, -0.2) is 25.5 Å². The Morgan fingerprint density at radius 3 is 2.53 bits per heavy atom. The van der Waals surface area contributed by atoms with Crippen molar-refractivity contribution in [1.29, 1.82) is 0 Å². The van der Waals surface area contributed by atoms with Crippen molar-refractivity contribution < 1.29 is 4.79 Å². The number of anilines is 1. The number of rotatable bonds is 2. The third kappa shape index (κ3) is 1.56. The zero-order valence-electron chi connectivity index (χ0n) is 8.08. The van der Waals surface area contributed by atoms with E-state index in [1.165, 1.54) is 29.6 Å². The Morgan fingerprint density at radius 1 is 1.33 bits per heavy atom. The summed E-state index contributed by atoms with van der Waals surface area (Å²) in [5.74, 6) is 0.116. The number of ketones is 1. The minimum absolute atomic E-state index is 0.221. The lowest BCUT2D eigenvalue weighted by Gasteiger charge is -1.98. The molecule has 2 aromatic rings. The van der Waals surface area contributed by atoms with Gasteiger partial charge in [-0.25, -0.2) is 9.97 Å². The molecule has 0 aromatic carbocycles. The standard InChI is InChI=1S/C9H9N5O/c1-14-9(10)7(4-13-14)8(15)6-2-11-5-12-3-6/h2-5H,10H2,1H3. The van der Waals surface area contributed by atoms with Crippen LogP contribution in [0.2, 0.25) is 0 Å². The van der Waals surface area contributed by atoms with Gasteiger partial charge in [0.1, 0.15) is 12.1 Å². The van der Waals surface area contributed by atoms with Crippen molar-refractivity contribution in [3.05, 3.63) is 36.0 Å². The first kappa shape index (κ1) is 9.32. The van der Waals surface area contributed by atoms with Crippen molar-refractivity contribution in [2.75, 3.05) is 5.73 Å². The molecule has 15 heavy (non-hydrogen) atoms. The van der Waals surface area contributed by atoms with Crippen LogP contribution in [0.15, 0.2) is 24.9 Å². The summed E-state index contributed by atoms with van der Waals surface area (Å²) in [6.45, 7) is 0. The monoisotopic (exact) mass is 203 g/mol. The van der Waals surface area contributed by atoms with Crippen LogP contribution in [0.1, 0.15) is 15.9 Å². The molecule has 76 valence electrons. The maximum absolute atomic E-state index is 11.9. The van der Waals surface area contributed by atoms with E-state index in [2.05, 4.69) is 15.1 Å². The highest BCUT2D eigenvalue weighted by atomic mass is 16.1. The van der Waals surface area contributed by atoms with E-state index in [0.29, 0.717) is 16.9 Å². The van der Waals surface area contributed by atoms with Crippen molar-refractivity contribution >= 4 is 11.6 Å². The number of nitrogen functional groups attached to an aromatic ring is 1. The average molecular weight is 203 g/mol. The highest BCUT2D eigenvalue weighted by molar-refractivity contribution is 6.11. The summed E-state index contributed by atoms with van der Waals surface area (Å²) in [6.07, 6.45) is 5.69. The molecule has 0 saturated heterocycles. The van der Waals surface area contributed by atoms with E-state index in [1.54, 1.807) is 7.05 Å². The molecule has 0 fully saturated rings. The van der Waals surface area contributed by atoms with E-state index in [0.717, 1.165) is 0 Å². The second-order valence-corrected chi connectivity index (χ2v) is 3.02. The lowest BCUT2D eigenvalue weighted by molar-refractivity contribution is 0.103. The minimum atomic E-state index is -0.221. The van der Waals surface area contributed by atoms with Gasteiger partial charge >= 0.3 is 0 Å². The summed E-state index contributed by atoms with van der Waals surface area (Å²) in [4.78, 5) is 19.4. The van der Waals surface area contributed by atoms with Gasteiger partial charge in [0.2, 0.25) is 5.78 Å². The smallest absolute Gasteiger partial charge is 0.201 e. The SMILES string of the molecule is Cn1ncc(C(=O)c2cncnc2)c1N. The summed E-state index contributed by atoms with van der Waals surface area (Å²) in [5, 5.41) is 3.89. The van der Waals surface area contributed by atoms with Gasteiger partial charge in [-0.3, -0.25) is 9.48 Å². The van der Waals surface area contributed by atoms with Crippen LogP contribution in [0.5, 0.6) is 0 Å². The number of nitrogens with two attached hydrogens (primary N) is 1. The van der Waals surface area contributed by atoms with Gasteiger partial charge in [0.25, 0.3) is 0 Å². The summed E-state index contributed by atoms with van der Waals surface area (Å²) >= 11 is 0. The summed E-state index contributed by atoms with van der Waals surface area (Å²) < 4.78 is 1.44. The van der Waals surface area contributed by atoms with Gasteiger partial charge in [0.05, 0.1) is 17.3 Å². The van der Waals surface area contributed by atoms with Crippen LogP contribution in [0.3, 0.4) is 0 Å². The van der Waals surface area contributed by atoms with Crippen molar-refractivity contribution in [2.24, 2.45) is 7.05 Å². The molecule has 6 heteroatoms. The summed E-state index contributed by atoms with van der Waals surface area (Å²) in [7, 11) is 1.67. The van der Waals surface area contributed by atoms with Gasteiger partial charge in [-0.05, 0) is 0 Å². The van der Waals surface area contributed by atoms with Crippen molar-refractivity contribution in [3.63, 3.8) is 0 Å². The molecule has 6 nitrogen and oxygen atoms in total. The van der Waals surface area contributed by atoms with Crippen LogP contribution in [0.4, 0.5) is 5.82 Å². The third-order valence-electron chi connectivity index (χ3n) is 2.05. The summed E-state index contributed by atoms with van der Waals surface area (Å²) in [6, 6.07) is 0. The van der Waals surface area contributed by atoms with Crippen molar-refractivity contribution in [1.82, 2.24) is 19.7 Å². The molecule has 2 rings (SSSR count). The quantitative estimate of drug-likeness (QED) is 0.695. The fourth-order valence-corrected chi connectivity index (χ4v) is 1.19. The fraction of sp³-hybridized carbons (Fsp3) is 0.111. The highest BCUT2D eigenvalue weighted by Gasteiger charge is 2.15. The van der Waals surface area contributed by atoms with Gasteiger partial charge < -0.3 is 5.73 Å². The molecule has 0 aliphatic heterocycles. The van der Waals surface area contributed by atoms with Crippen molar-refractivity contribution in [2.45, 2.75) is 0 Å². The molecule has 0 spiro atoms. The average Bonchev–Trinajstić information content (AvgIpc) is 2.60. The lowest BCUT2D eigenvalue weighted by atomic mass is 10.1. The Kier molecular flexibility index (Phi) is 2.17. The van der Waals surface area contributed by atoms with E-state index < -0.39 is 0 Å². The van der Waals surface area contributed by atoms with Crippen LogP contribution in [0, 0.1) is 0 Å². The zero-order chi connectivity index (χ0) is 10.8. The molecule has 2 aromatic heterocycles. The van der Waals surface area contributed by atoms with Gasteiger partial charge in [-0.1, -0.05) is 0 Å². The highest BCUT2D eigenvalue weighted by Crippen LogP contribution is 2.13. The van der Waals surface area contributed by atoms with Crippen LogP contribution < -0.4 is 5.73 Å². The number of carbonyl (C=O) groups excluding carboxylic acids is 1. The number of nitrogens with zero attached hydrogens (tertiary/aromatic N) is 4. The van der Waals surface area contributed by atoms with E-state index in [4.69, 9.17) is 5.73 Å². The Labute approximate surface area is 85.8 Å². The van der Waals surface area contributed by atoms with Gasteiger partial charge in [-0.15, -0.1) is 0 Å². The first-order chi connectivity index (χ1) is 7.20. The third-order valence-corrected chi connectivity index (χ3v) is 2.05. The van der Waals surface area contributed by atoms with Crippen LogP contribution in [0.25, 0.3) is 0 Å². The zero-order valence-corrected chi connectivity index (χ0v) is 8.08. The van der Waals surface area contributed by atoms with E-state index >= 15 is 0 Å². The molecule has 0 aliphatic carbocycles. The predicted molar refractivity (Wildman–Crippen MR) is 53.1 cm³/mol. The van der Waals surface area contributed by atoms with Crippen LogP contribution >= 0.6 is 0 Å². The fourth-order valence-electron chi connectivity index (χ4n) is 1.19. The van der Waals surface area contributed by atoms with Gasteiger partial charge in [0.15, 0.2) is 0 Å². The summed E-state index contributed by atoms with van der Waals surface area (Å²) in [5.41, 5.74) is 6.45. The lowest BCUT2D eigenvalue weighted by Crippen LogP contribution is -2.06. The number of hydrogen-bond donors (Lipinski definition) is 1. The number of aryl methyl sites for hydroxylation is 1. The Hall–Kier alpha value is -2.24. The first-order valence-corrected chi connectivity index (χ1v) is 4.27. The molecule has 0 amide bonds. The molecule has 0 aliphatic rings. The normalized spacial score (nSPS) is 10.2. The van der Waals surface area contributed by atoms with E-state index in [1.807, 2.05) is 0 Å². The molecule has 0 saturated carbocycles. The molecular formula is C9H9N5O. The Morgan fingerprint density at radius 2 is 2.00 bits per heavy atom. The Bertz CT molecular complexity index is 490. The number of carbonyl (C=O) groups is 1. The molecule has 0 atom stereocenters. The second-order valence-electron chi connectivity index (χ2n) is 3.02. The van der Waals surface area contributed by atoms with Gasteiger partial charge in [0, 0.05) is 19.4 Å².